The van der Waals surface area contributed by atoms with Crippen LogP contribution in [0.4, 0.5) is 0 Å². The molecule has 6 heteroatoms. The zero-order valence-corrected chi connectivity index (χ0v) is 11.2. The Morgan fingerprint density at radius 2 is 2.24 bits per heavy atom. The van der Waals surface area contributed by atoms with Crippen LogP contribution in [0.15, 0.2) is 12.1 Å². The summed E-state index contributed by atoms with van der Waals surface area (Å²) in [5.41, 5.74) is -0.305. The van der Waals surface area contributed by atoms with Gasteiger partial charge in [0.2, 0.25) is 0 Å². The SMILES string of the molecule is COC(=O)c1ccc(B2OC(C)C(C)(C)O2)s1. The number of hydrogen-bond donors (Lipinski definition) is 0. The number of methoxy groups -OCH3 is 1. The van der Waals surface area contributed by atoms with Crippen LogP contribution >= 0.6 is 11.3 Å². The van der Waals surface area contributed by atoms with Crippen LogP contribution in [0, 0.1) is 0 Å². The molecule has 4 nitrogen and oxygen atoms in total. The van der Waals surface area contributed by atoms with Crippen molar-refractivity contribution in [2.24, 2.45) is 0 Å². The fourth-order valence-electron chi connectivity index (χ4n) is 1.56. The highest BCUT2D eigenvalue weighted by atomic mass is 32.1. The van der Waals surface area contributed by atoms with E-state index < -0.39 is 0 Å². The van der Waals surface area contributed by atoms with Crippen LogP contribution in [0.5, 0.6) is 0 Å². The number of hydrogen-bond acceptors (Lipinski definition) is 5. The monoisotopic (exact) mass is 254 g/mol. The van der Waals surface area contributed by atoms with Gasteiger partial charge in [0, 0.05) is 4.78 Å². The molecule has 0 saturated carbocycles. The molecular weight excluding hydrogens is 239 g/mol. The van der Waals surface area contributed by atoms with Crippen LogP contribution in [0.3, 0.4) is 0 Å². The Hall–Kier alpha value is -0.845. The quantitative estimate of drug-likeness (QED) is 0.591. The van der Waals surface area contributed by atoms with E-state index in [1.165, 1.54) is 18.4 Å². The Morgan fingerprint density at radius 1 is 1.53 bits per heavy atom. The third-order valence-corrected chi connectivity index (χ3v) is 4.05. The lowest BCUT2D eigenvalue weighted by Crippen LogP contribution is -2.33. The summed E-state index contributed by atoms with van der Waals surface area (Å²) >= 11 is 1.34. The van der Waals surface area contributed by atoms with Gasteiger partial charge in [0.05, 0.1) is 18.8 Å². The molecule has 1 aliphatic rings. The summed E-state index contributed by atoms with van der Waals surface area (Å²) in [6.07, 6.45) is 0.0242. The first-order valence-corrected chi connectivity index (χ1v) is 6.27. The van der Waals surface area contributed by atoms with Crippen LogP contribution < -0.4 is 4.78 Å². The van der Waals surface area contributed by atoms with Crippen LogP contribution in [0.2, 0.25) is 0 Å². The first kappa shape index (κ1) is 12.6. The summed E-state index contributed by atoms with van der Waals surface area (Å²) in [5.74, 6) is -0.327. The largest absolute Gasteiger partial charge is 0.505 e. The van der Waals surface area contributed by atoms with Gasteiger partial charge in [-0.1, -0.05) is 6.07 Å². The number of thiophene rings is 1. The molecule has 2 rings (SSSR count). The molecule has 1 aromatic heterocycles. The molecule has 1 unspecified atom stereocenters. The van der Waals surface area contributed by atoms with Crippen molar-refractivity contribution < 1.29 is 18.8 Å². The van der Waals surface area contributed by atoms with Crippen molar-refractivity contribution in [3.05, 3.63) is 17.0 Å². The number of rotatable bonds is 2. The van der Waals surface area contributed by atoms with Crippen LogP contribution in [0.25, 0.3) is 0 Å². The predicted octanol–water partition coefficient (Wildman–Crippen LogP) is 1.44. The molecule has 1 atom stereocenters. The van der Waals surface area contributed by atoms with Crippen molar-refractivity contribution in [3.8, 4) is 0 Å². The molecule has 0 bridgehead atoms. The van der Waals surface area contributed by atoms with E-state index in [0.717, 1.165) is 4.78 Å². The molecule has 17 heavy (non-hydrogen) atoms. The van der Waals surface area contributed by atoms with Crippen LogP contribution in [0.1, 0.15) is 30.4 Å². The summed E-state index contributed by atoms with van der Waals surface area (Å²) in [6, 6.07) is 3.57. The van der Waals surface area contributed by atoms with Crippen molar-refractivity contribution in [1.29, 1.82) is 0 Å². The van der Waals surface area contributed by atoms with Gasteiger partial charge in [-0.15, -0.1) is 11.3 Å². The van der Waals surface area contributed by atoms with E-state index in [9.17, 15) is 4.79 Å². The summed E-state index contributed by atoms with van der Waals surface area (Å²) in [6.45, 7) is 5.97. The summed E-state index contributed by atoms with van der Waals surface area (Å²) in [5, 5.41) is 0. The molecule has 0 aromatic carbocycles. The summed E-state index contributed by atoms with van der Waals surface area (Å²) < 4.78 is 17.1. The average molecular weight is 254 g/mol. The molecule has 1 saturated heterocycles. The van der Waals surface area contributed by atoms with Gasteiger partial charge in [-0.05, 0) is 26.8 Å². The third kappa shape index (κ3) is 2.39. The Bertz CT molecular complexity index is 429. The van der Waals surface area contributed by atoms with E-state index in [1.807, 2.05) is 26.8 Å². The van der Waals surface area contributed by atoms with E-state index in [4.69, 9.17) is 9.31 Å². The first-order chi connectivity index (χ1) is 7.94. The maximum atomic E-state index is 11.3. The Labute approximate surface area is 105 Å². The van der Waals surface area contributed by atoms with E-state index in [1.54, 1.807) is 6.07 Å². The van der Waals surface area contributed by atoms with Crippen molar-refractivity contribution in [3.63, 3.8) is 0 Å². The van der Waals surface area contributed by atoms with E-state index in [0.29, 0.717) is 4.88 Å². The second-order valence-electron chi connectivity index (χ2n) is 4.53. The Balaban J connectivity index is 2.15. The van der Waals surface area contributed by atoms with Gasteiger partial charge in [-0.25, -0.2) is 4.79 Å². The minimum atomic E-state index is -0.386. The molecule has 2 heterocycles. The molecule has 0 amide bonds. The molecule has 0 aliphatic carbocycles. The lowest BCUT2D eigenvalue weighted by atomic mass is 9.88. The van der Waals surface area contributed by atoms with Crippen LogP contribution in [-0.4, -0.2) is 31.9 Å². The molecular formula is C11H15BO4S. The number of esters is 1. The maximum absolute atomic E-state index is 11.3. The average Bonchev–Trinajstić information content (AvgIpc) is 2.84. The fourth-order valence-corrected chi connectivity index (χ4v) is 2.46. The zero-order valence-electron chi connectivity index (χ0n) is 10.4. The van der Waals surface area contributed by atoms with Gasteiger partial charge < -0.3 is 14.0 Å². The lowest BCUT2D eigenvalue weighted by Gasteiger charge is -2.21. The summed E-state index contributed by atoms with van der Waals surface area (Å²) in [7, 11) is 0.985. The fraction of sp³-hybridized carbons (Fsp3) is 0.545. The molecule has 92 valence electrons. The van der Waals surface area contributed by atoms with E-state index in [2.05, 4.69) is 4.74 Å². The van der Waals surface area contributed by atoms with Gasteiger partial charge in [0.15, 0.2) is 0 Å². The molecule has 0 radical (unpaired) electrons. The van der Waals surface area contributed by atoms with Gasteiger partial charge in [0.1, 0.15) is 4.88 Å². The number of ether oxygens (including phenoxy) is 1. The normalized spacial score (nSPS) is 22.8. The minimum absolute atomic E-state index is 0.0242. The maximum Gasteiger partial charge on any atom is 0.505 e. The summed E-state index contributed by atoms with van der Waals surface area (Å²) in [4.78, 5) is 11.9. The van der Waals surface area contributed by atoms with Crippen molar-refractivity contribution in [2.45, 2.75) is 32.5 Å². The highest BCUT2D eigenvalue weighted by Crippen LogP contribution is 2.27. The number of carbonyl (C=O) groups is 1. The molecule has 0 N–H and O–H groups in total. The second-order valence-corrected chi connectivity index (χ2v) is 5.64. The van der Waals surface area contributed by atoms with E-state index in [-0.39, 0.29) is 24.8 Å². The highest BCUT2D eigenvalue weighted by Gasteiger charge is 2.44. The minimum Gasteiger partial charge on any atom is -0.465 e. The molecule has 1 aromatic rings. The predicted molar refractivity (Wildman–Crippen MR) is 66.8 cm³/mol. The second kappa shape index (κ2) is 4.44. The van der Waals surface area contributed by atoms with Crippen molar-refractivity contribution in [1.82, 2.24) is 0 Å². The molecule has 1 fully saturated rings. The van der Waals surface area contributed by atoms with Gasteiger partial charge >= 0.3 is 13.1 Å². The van der Waals surface area contributed by atoms with Gasteiger partial charge in [0.25, 0.3) is 0 Å². The lowest BCUT2D eigenvalue weighted by molar-refractivity contribution is 0.0606. The smallest absolute Gasteiger partial charge is 0.465 e. The van der Waals surface area contributed by atoms with E-state index >= 15 is 0 Å². The standard InChI is InChI=1S/C11H15BO4S/c1-7-11(2,3)16-12(15-7)9-6-5-8(17-9)10(13)14-4/h5-7H,1-4H3. The Morgan fingerprint density at radius 3 is 2.76 bits per heavy atom. The topological polar surface area (TPSA) is 44.8 Å². The van der Waals surface area contributed by atoms with Crippen molar-refractivity contribution in [2.75, 3.05) is 7.11 Å². The van der Waals surface area contributed by atoms with Gasteiger partial charge in [-0.2, -0.15) is 0 Å². The number of carbonyl (C=O) groups excluding carboxylic acids is 1. The Kier molecular flexibility index (Phi) is 3.29. The first-order valence-electron chi connectivity index (χ1n) is 5.45. The highest BCUT2D eigenvalue weighted by molar-refractivity contribution is 7.23. The molecule has 0 spiro atoms. The van der Waals surface area contributed by atoms with Gasteiger partial charge in [-0.3, -0.25) is 0 Å². The third-order valence-electron chi connectivity index (χ3n) is 2.96. The van der Waals surface area contributed by atoms with Crippen LogP contribution in [-0.2, 0) is 14.0 Å². The molecule has 1 aliphatic heterocycles. The zero-order chi connectivity index (χ0) is 12.6. The van der Waals surface area contributed by atoms with Crippen molar-refractivity contribution >= 4 is 29.2 Å².